The van der Waals surface area contributed by atoms with Gasteiger partial charge in [-0.1, -0.05) is 78.9 Å². The zero-order valence-corrected chi connectivity index (χ0v) is 26.9. The molecule has 0 bridgehead atoms. The Hall–Kier alpha value is -7.59. The average molecular weight is 650 g/mol. The maximum absolute atomic E-state index is 10.5. The minimum absolute atomic E-state index is 0.348. The molecule has 0 unspecified atom stereocenters. The Balaban J connectivity index is 1.34. The largest absolute Gasteiger partial charge is 0.454 e. The van der Waals surface area contributed by atoms with Crippen LogP contribution in [0, 0.1) is 29.2 Å². The van der Waals surface area contributed by atoms with Crippen LogP contribution in [0.3, 0.4) is 0 Å². The van der Waals surface area contributed by atoms with Gasteiger partial charge >= 0.3 is 0 Å². The van der Waals surface area contributed by atoms with Crippen LogP contribution in [-0.2, 0) is 0 Å². The highest BCUT2D eigenvalue weighted by atomic mass is 16.3. The van der Waals surface area contributed by atoms with Crippen molar-refractivity contribution in [1.29, 1.82) is 10.5 Å². The van der Waals surface area contributed by atoms with Gasteiger partial charge in [-0.15, -0.1) is 0 Å². The smallest absolute Gasteiger partial charge is 0.212 e. The summed E-state index contributed by atoms with van der Waals surface area (Å²) < 4.78 is 10.9. The molecule has 3 heterocycles. The molecule has 0 spiro atoms. The normalized spacial score (nSPS) is 11.5. The lowest BCUT2D eigenvalue weighted by atomic mass is 9.97. The molecule has 6 heteroatoms. The number of rotatable bonds is 3. The third-order valence-electron chi connectivity index (χ3n) is 9.94. The van der Waals surface area contributed by atoms with E-state index in [9.17, 15) is 10.5 Å². The predicted molar refractivity (Wildman–Crippen MR) is 204 cm³/mol. The lowest BCUT2D eigenvalue weighted by molar-refractivity contribution is 0.671. The Morgan fingerprint density at radius 3 is 1.78 bits per heavy atom. The van der Waals surface area contributed by atoms with Gasteiger partial charge in [-0.05, 0) is 71.8 Å². The van der Waals surface area contributed by atoms with E-state index in [4.69, 9.17) is 11.0 Å². The van der Waals surface area contributed by atoms with Crippen molar-refractivity contribution in [3.05, 3.63) is 162 Å². The van der Waals surface area contributed by atoms with Crippen molar-refractivity contribution in [3.8, 4) is 34.6 Å². The molecule has 7 aromatic carbocycles. The molecule has 0 amide bonds. The average Bonchev–Trinajstić information content (AvgIpc) is 3.85. The molecule has 51 heavy (non-hydrogen) atoms. The van der Waals surface area contributed by atoms with Crippen molar-refractivity contribution in [3.63, 3.8) is 0 Å². The van der Waals surface area contributed by atoms with E-state index in [2.05, 4.69) is 86.8 Å². The maximum Gasteiger partial charge on any atom is 0.212 e. The second-order valence-electron chi connectivity index (χ2n) is 12.7. The summed E-state index contributed by atoms with van der Waals surface area (Å²) >= 11 is 0. The van der Waals surface area contributed by atoms with Crippen LogP contribution in [-0.4, -0.2) is 9.13 Å². The van der Waals surface area contributed by atoms with E-state index in [1.165, 1.54) is 0 Å². The SMILES string of the molecule is [C-]#[N+]c1cc(C#N)cc(-c2cc(C#N)cc(-n3c4ccccc4c4ccc5c6ccccc6oc5c43)c2)c1-n1c2ccccc2c2ccccc21. The first-order valence-corrected chi connectivity index (χ1v) is 16.5. The maximum atomic E-state index is 10.5. The van der Waals surface area contributed by atoms with Gasteiger partial charge in [-0.25, -0.2) is 4.85 Å². The fourth-order valence-corrected chi connectivity index (χ4v) is 7.85. The number of hydrogen-bond donors (Lipinski definition) is 0. The third-order valence-corrected chi connectivity index (χ3v) is 9.94. The van der Waals surface area contributed by atoms with Crippen LogP contribution in [0.2, 0.25) is 0 Å². The van der Waals surface area contributed by atoms with Crippen LogP contribution in [0.25, 0.3) is 92.9 Å². The Morgan fingerprint density at radius 1 is 0.549 bits per heavy atom. The van der Waals surface area contributed by atoms with Gasteiger partial charge in [0.25, 0.3) is 0 Å². The van der Waals surface area contributed by atoms with E-state index in [-0.39, 0.29) is 0 Å². The molecule has 0 radical (unpaired) electrons. The quantitative estimate of drug-likeness (QED) is 0.179. The molecule has 0 aliphatic carbocycles. The third kappa shape index (κ3) is 4.01. The van der Waals surface area contributed by atoms with Crippen LogP contribution < -0.4 is 0 Å². The molecular formula is C45H23N5O. The number of benzene rings is 7. The minimum Gasteiger partial charge on any atom is -0.454 e. The molecule has 0 saturated carbocycles. The van der Waals surface area contributed by atoms with Crippen molar-refractivity contribution in [2.75, 3.05) is 0 Å². The second-order valence-corrected chi connectivity index (χ2v) is 12.7. The van der Waals surface area contributed by atoms with E-state index in [0.29, 0.717) is 33.6 Å². The number of fused-ring (bicyclic) bond motifs is 10. The van der Waals surface area contributed by atoms with Gasteiger partial charge in [0.1, 0.15) is 5.58 Å². The molecular weight excluding hydrogens is 627 g/mol. The summed E-state index contributed by atoms with van der Waals surface area (Å²) in [6.07, 6.45) is 0. The molecule has 6 nitrogen and oxygen atoms in total. The summed E-state index contributed by atoms with van der Waals surface area (Å²) in [5, 5.41) is 26.9. The first-order chi connectivity index (χ1) is 25.2. The molecule has 10 aromatic rings. The van der Waals surface area contributed by atoms with E-state index in [0.717, 1.165) is 71.2 Å². The van der Waals surface area contributed by atoms with Crippen LogP contribution in [0.4, 0.5) is 5.69 Å². The highest BCUT2D eigenvalue weighted by Crippen LogP contribution is 2.44. The van der Waals surface area contributed by atoms with E-state index >= 15 is 0 Å². The first kappa shape index (κ1) is 28.4. The molecule has 0 aliphatic heterocycles. The number of aromatic nitrogens is 2. The highest BCUT2D eigenvalue weighted by Gasteiger charge is 2.23. The standard InChI is InChI=1S/C45H23N5O/c1-48-38-23-28(26-47)22-37(43(38)50-40-15-7-2-10-31(40)32-11-3-8-16-41(32)50)29-20-27(25-46)21-30(24-29)49-39-14-6-4-12-33(39)35-18-19-36-34-13-5-9-17-42(34)51-45(36)44(35)49/h2-24H. The molecule has 0 atom stereocenters. The highest BCUT2D eigenvalue weighted by molar-refractivity contribution is 6.21. The van der Waals surface area contributed by atoms with Crippen molar-refractivity contribution < 1.29 is 4.42 Å². The Morgan fingerprint density at radius 2 is 1.12 bits per heavy atom. The van der Waals surface area contributed by atoms with Gasteiger partial charge in [-0.2, -0.15) is 10.5 Å². The molecule has 3 aromatic heterocycles. The molecule has 0 saturated heterocycles. The van der Waals surface area contributed by atoms with Crippen LogP contribution in [0.1, 0.15) is 11.1 Å². The number of para-hydroxylation sites is 4. The van der Waals surface area contributed by atoms with Gasteiger partial charge in [0.2, 0.25) is 5.69 Å². The topological polar surface area (TPSA) is 74.9 Å². The minimum atomic E-state index is 0.348. The molecule has 234 valence electrons. The van der Waals surface area contributed by atoms with Crippen LogP contribution in [0.5, 0.6) is 0 Å². The van der Waals surface area contributed by atoms with Crippen molar-refractivity contribution in [2.24, 2.45) is 0 Å². The summed E-state index contributed by atoms with van der Waals surface area (Å²) in [5.41, 5.74) is 9.31. The Labute approximate surface area is 291 Å². The molecule has 0 aliphatic rings. The lowest BCUT2D eigenvalue weighted by Gasteiger charge is -2.18. The number of nitriles is 2. The number of furan rings is 1. The van der Waals surface area contributed by atoms with Crippen LogP contribution >= 0.6 is 0 Å². The summed E-state index contributed by atoms with van der Waals surface area (Å²) in [6.45, 7) is 8.31. The molecule has 10 rings (SSSR count). The monoisotopic (exact) mass is 649 g/mol. The summed E-state index contributed by atoms with van der Waals surface area (Å²) in [6, 6.07) is 50.8. The first-order valence-electron chi connectivity index (χ1n) is 16.5. The zero-order chi connectivity index (χ0) is 34.2. The molecule has 0 fully saturated rings. The zero-order valence-electron chi connectivity index (χ0n) is 26.9. The summed E-state index contributed by atoms with van der Waals surface area (Å²) in [4.78, 5) is 3.98. The fourth-order valence-electron chi connectivity index (χ4n) is 7.85. The van der Waals surface area contributed by atoms with E-state index in [1.807, 2.05) is 72.8 Å². The summed E-state index contributed by atoms with van der Waals surface area (Å²) in [5.74, 6) is 0. The lowest BCUT2D eigenvalue weighted by Crippen LogP contribution is -2.01. The van der Waals surface area contributed by atoms with Gasteiger partial charge in [0.05, 0.1) is 52.0 Å². The summed E-state index contributed by atoms with van der Waals surface area (Å²) in [7, 11) is 0. The van der Waals surface area contributed by atoms with Gasteiger partial charge in [0.15, 0.2) is 5.58 Å². The number of nitrogens with zero attached hydrogens (tertiary/aromatic N) is 5. The number of hydrogen-bond acceptors (Lipinski definition) is 3. The van der Waals surface area contributed by atoms with Gasteiger partial charge in [-0.3, -0.25) is 0 Å². The van der Waals surface area contributed by atoms with E-state index in [1.54, 1.807) is 6.07 Å². The van der Waals surface area contributed by atoms with Crippen molar-refractivity contribution in [1.82, 2.24) is 9.13 Å². The Kier molecular flexibility index (Phi) is 5.97. The fraction of sp³-hybridized carbons (Fsp3) is 0. The molecule has 0 N–H and O–H groups in total. The van der Waals surface area contributed by atoms with Crippen molar-refractivity contribution >= 4 is 71.2 Å². The Bertz CT molecular complexity index is 3190. The van der Waals surface area contributed by atoms with Crippen LogP contribution in [0.15, 0.2) is 144 Å². The predicted octanol–water partition coefficient (Wildman–Crippen LogP) is 11.7. The second kappa shape index (κ2) is 10.7. The van der Waals surface area contributed by atoms with Gasteiger partial charge < -0.3 is 13.6 Å². The van der Waals surface area contributed by atoms with Crippen molar-refractivity contribution in [2.45, 2.75) is 0 Å². The van der Waals surface area contributed by atoms with E-state index < -0.39 is 0 Å². The van der Waals surface area contributed by atoms with Gasteiger partial charge in [0, 0.05) is 43.6 Å².